The lowest BCUT2D eigenvalue weighted by Gasteiger charge is -2.29. The van der Waals surface area contributed by atoms with Crippen LogP contribution in [0.4, 0.5) is 0 Å². The molecule has 0 aliphatic heterocycles. The summed E-state index contributed by atoms with van der Waals surface area (Å²) in [6.45, 7) is 0. The van der Waals surface area contributed by atoms with Crippen LogP contribution in [0.1, 0.15) is 22.8 Å². The molecule has 3 aromatic heterocycles. The number of ether oxygens (including phenoxy) is 2. The number of aromatic amines is 2. The van der Waals surface area contributed by atoms with E-state index in [9.17, 15) is 5.11 Å². The maximum Gasteiger partial charge on any atom is 0.271 e. The van der Waals surface area contributed by atoms with Gasteiger partial charge in [-0.05, 0) is 0 Å². The van der Waals surface area contributed by atoms with Crippen molar-refractivity contribution in [2.24, 2.45) is 0 Å². The van der Waals surface area contributed by atoms with E-state index in [0.29, 0.717) is 10.7 Å². The zero-order chi connectivity index (χ0) is 14.7. The fourth-order valence-corrected chi connectivity index (χ4v) is 2.66. The Morgan fingerprint density at radius 2 is 2.24 bits per heavy atom. The van der Waals surface area contributed by atoms with E-state index in [0.717, 1.165) is 0 Å². The molecule has 2 N–H and O–H groups in total. The predicted octanol–water partition coefficient (Wildman–Crippen LogP) is 1.58. The highest BCUT2D eigenvalue weighted by Crippen LogP contribution is 2.37. The quantitative estimate of drug-likeness (QED) is 0.672. The molecule has 0 saturated heterocycles. The van der Waals surface area contributed by atoms with Gasteiger partial charge in [-0.3, -0.25) is 4.74 Å². The van der Waals surface area contributed by atoms with Crippen molar-refractivity contribution in [1.82, 2.24) is 24.9 Å². The molecule has 0 aliphatic rings. The number of rotatable bonds is 6. The van der Waals surface area contributed by atoms with Gasteiger partial charge >= 0.3 is 0 Å². The molecule has 0 aromatic carbocycles. The van der Waals surface area contributed by atoms with Crippen molar-refractivity contribution in [3.63, 3.8) is 0 Å². The van der Waals surface area contributed by atoms with Gasteiger partial charge in [0.15, 0.2) is 10.8 Å². The van der Waals surface area contributed by atoms with Gasteiger partial charge in [0.2, 0.25) is 0 Å². The van der Waals surface area contributed by atoms with Crippen molar-refractivity contribution in [1.29, 1.82) is 0 Å². The zero-order valence-corrected chi connectivity index (χ0v) is 11.8. The molecule has 3 rings (SSSR count). The van der Waals surface area contributed by atoms with E-state index in [-0.39, 0.29) is 5.82 Å². The number of aromatic nitrogens is 5. The standard InChI is InChI=1S/C12H12N5O3S/c1-19-12(8-6-13-7-17-8,11-16-4-5-21-11)20-10(18)9-14-2-3-15-9/h2-7,10H,1H3,(H,13,17)(H,14,15). The number of hydrogen-bond acceptors (Lipinski definition) is 6. The number of thiazole rings is 1. The van der Waals surface area contributed by atoms with Crippen LogP contribution >= 0.6 is 11.3 Å². The molecule has 3 aromatic rings. The Morgan fingerprint density at radius 1 is 1.33 bits per heavy atom. The lowest BCUT2D eigenvalue weighted by Crippen LogP contribution is -2.35. The summed E-state index contributed by atoms with van der Waals surface area (Å²) in [5.74, 6) is -1.32. The van der Waals surface area contributed by atoms with Crippen LogP contribution < -0.4 is 0 Å². The molecule has 1 radical (unpaired) electrons. The minimum absolute atomic E-state index is 0.156. The first kappa shape index (κ1) is 13.9. The van der Waals surface area contributed by atoms with E-state index < -0.39 is 12.1 Å². The third kappa shape index (κ3) is 2.47. The SMILES string of the molecule is COC(OC([O])c1ncc[nH]1)(c1c[nH]cn1)c1nccs1. The van der Waals surface area contributed by atoms with Crippen LogP contribution in [0, 0.1) is 0 Å². The van der Waals surface area contributed by atoms with Crippen molar-refractivity contribution >= 4 is 11.3 Å². The molecule has 2 atom stereocenters. The average molecular weight is 306 g/mol. The van der Waals surface area contributed by atoms with Gasteiger partial charge < -0.3 is 14.7 Å². The van der Waals surface area contributed by atoms with Gasteiger partial charge in [-0.1, -0.05) is 0 Å². The van der Waals surface area contributed by atoms with Crippen molar-refractivity contribution in [2.75, 3.05) is 7.11 Å². The summed E-state index contributed by atoms with van der Waals surface area (Å²) in [7, 11) is 1.44. The van der Waals surface area contributed by atoms with Crippen molar-refractivity contribution in [3.05, 3.63) is 53.0 Å². The van der Waals surface area contributed by atoms with Crippen molar-refractivity contribution in [3.8, 4) is 0 Å². The van der Waals surface area contributed by atoms with Crippen LogP contribution in [-0.2, 0) is 20.4 Å². The Balaban J connectivity index is 2.00. The molecule has 0 amide bonds. The molecular weight excluding hydrogens is 294 g/mol. The molecule has 8 nitrogen and oxygen atoms in total. The maximum atomic E-state index is 12.3. The molecule has 0 spiro atoms. The highest BCUT2D eigenvalue weighted by molar-refractivity contribution is 7.09. The Labute approximate surface area is 123 Å². The van der Waals surface area contributed by atoms with Crippen LogP contribution in [0.2, 0.25) is 0 Å². The van der Waals surface area contributed by atoms with Crippen LogP contribution in [0.5, 0.6) is 0 Å². The lowest BCUT2D eigenvalue weighted by molar-refractivity contribution is -0.300. The second-order valence-electron chi connectivity index (χ2n) is 4.04. The Hall–Kier alpha value is -2.07. The summed E-state index contributed by atoms with van der Waals surface area (Å²) in [5.41, 5.74) is 0.410. The van der Waals surface area contributed by atoms with Gasteiger partial charge in [-0.25, -0.2) is 15.0 Å². The summed E-state index contributed by atoms with van der Waals surface area (Å²) in [5, 5.41) is 14.5. The monoisotopic (exact) mass is 306 g/mol. The van der Waals surface area contributed by atoms with E-state index in [4.69, 9.17) is 9.47 Å². The Morgan fingerprint density at radius 3 is 2.81 bits per heavy atom. The second kappa shape index (κ2) is 5.74. The fraction of sp³-hybridized carbons (Fsp3) is 0.250. The minimum atomic E-state index is -1.57. The molecule has 21 heavy (non-hydrogen) atoms. The van der Waals surface area contributed by atoms with Crippen LogP contribution in [-0.4, -0.2) is 32.0 Å². The number of imidazole rings is 2. The first-order chi connectivity index (χ1) is 10.3. The smallest absolute Gasteiger partial charge is 0.271 e. The van der Waals surface area contributed by atoms with Crippen molar-refractivity contribution < 1.29 is 14.6 Å². The summed E-state index contributed by atoms with van der Waals surface area (Å²) in [4.78, 5) is 17.8. The normalized spacial score (nSPS) is 15.7. The number of nitrogens with one attached hydrogen (secondary N) is 2. The third-order valence-electron chi connectivity index (χ3n) is 2.85. The summed E-state index contributed by atoms with van der Waals surface area (Å²) < 4.78 is 11.1. The molecule has 0 aliphatic carbocycles. The van der Waals surface area contributed by atoms with E-state index in [1.54, 1.807) is 24.0 Å². The number of nitrogens with zero attached hydrogens (tertiary/aromatic N) is 3. The Kier molecular flexibility index (Phi) is 3.80. The van der Waals surface area contributed by atoms with Crippen molar-refractivity contribution in [2.45, 2.75) is 12.1 Å². The van der Waals surface area contributed by atoms with E-state index in [2.05, 4.69) is 24.9 Å². The molecule has 0 fully saturated rings. The number of hydrogen-bond donors (Lipinski definition) is 2. The average Bonchev–Trinajstić information content (AvgIpc) is 3.28. The topological polar surface area (TPSA) is 109 Å². The molecule has 109 valence electrons. The third-order valence-corrected chi connectivity index (χ3v) is 3.71. The summed E-state index contributed by atoms with van der Waals surface area (Å²) in [6, 6.07) is 0. The molecule has 0 bridgehead atoms. The van der Waals surface area contributed by atoms with Gasteiger partial charge in [0, 0.05) is 37.3 Å². The first-order valence-corrected chi connectivity index (χ1v) is 6.91. The molecule has 2 unspecified atom stereocenters. The van der Waals surface area contributed by atoms with Gasteiger partial charge in [0.1, 0.15) is 5.69 Å². The van der Waals surface area contributed by atoms with E-state index in [1.807, 2.05) is 0 Å². The molecule has 9 heteroatoms. The molecule has 3 heterocycles. The first-order valence-electron chi connectivity index (χ1n) is 6.03. The predicted molar refractivity (Wildman–Crippen MR) is 71.6 cm³/mol. The van der Waals surface area contributed by atoms with Gasteiger partial charge in [-0.2, -0.15) is 5.11 Å². The number of H-pyrrole nitrogens is 2. The number of methoxy groups -OCH3 is 1. The van der Waals surface area contributed by atoms with Crippen LogP contribution in [0.15, 0.2) is 36.5 Å². The van der Waals surface area contributed by atoms with Crippen LogP contribution in [0.25, 0.3) is 0 Å². The van der Waals surface area contributed by atoms with Gasteiger partial charge in [0.05, 0.1) is 6.33 Å². The van der Waals surface area contributed by atoms with Gasteiger partial charge in [0.25, 0.3) is 12.1 Å². The lowest BCUT2D eigenvalue weighted by atomic mass is 10.2. The molecule has 0 saturated carbocycles. The minimum Gasteiger partial charge on any atom is -0.351 e. The fourth-order valence-electron chi connectivity index (χ4n) is 1.90. The highest BCUT2D eigenvalue weighted by atomic mass is 32.1. The zero-order valence-electron chi connectivity index (χ0n) is 11.0. The summed E-state index contributed by atoms with van der Waals surface area (Å²) in [6.07, 6.45) is 6.15. The highest BCUT2D eigenvalue weighted by Gasteiger charge is 2.43. The van der Waals surface area contributed by atoms with Crippen LogP contribution in [0.3, 0.4) is 0 Å². The Bertz CT molecular complexity index is 619. The van der Waals surface area contributed by atoms with E-state index >= 15 is 0 Å². The largest absolute Gasteiger partial charge is 0.351 e. The summed E-state index contributed by atoms with van der Waals surface area (Å²) >= 11 is 1.31. The van der Waals surface area contributed by atoms with Gasteiger partial charge in [-0.15, -0.1) is 11.3 Å². The maximum absolute atomic E-state index is 12.3. The van der Waals surface area contributed by atoms with E-state index in [1.165, 1.54) is 31.0 Å². The second-order valence-corrected chi connectivity index (χ2v) is 4.93. The molecular formula is C12H12N5O3S.